The molecular weight excluding hydrogens is 408 g/mol. The van der Waals surface area contributed by atoms with E-state index in [1.807, 2.05) is 26.8 Å². The molecule has 0 spiro atoms. The van der Waals surface area contributed by atoms with E-state index in [-0.39, 0.29) is 29.2 Å². The number of aromatic amines is 1. The predicted octanol–water partition coefficient (Wildman–Crippen LogP) is 2.72. The maximum absolute atomic E-state index is 13.2. The van der Waals surface area contributed by atoms with Gasteiger partial charge in [-0.2, -0.15) is 0 Å². The van der Waals surface area contributed by atoms with Crippen molar-refractivity contribution in [2.75, 3.05) is 18.4 Å². The van der Waals surface area contributed by atoms with E-state index in [0.29, 0.717) is 49.3 Å². The van der Waals surface area contributed by atoms with Crippen LogP contribution in [0.4, 0.5) is 5.82 Å². The zero-order valence-electron chi connectivity index (χ0n) is 18.7. The number of nitrogens with one attached hydrogen (secondary N) is 2. The molecule has 1 fully saturated rings. The van der Waals surface area contributed by atoms with Crippen molar-refractivity contribution in [2.24, 2.45) is 11.3 Å². The second-order valence-corrected chi connectivity index (χ2v) is 9.65. The highest BCUT2D eigenvalue weighted by Gasteiger charge is 2.34. The average Bonchev–Trinajstić information content (AvgIpc) is 2.73. The molecule has 0 bridgehead atoms. The number of likely N-dealkylation sites (tertiary alicyclic amines) is 1. The highest BCUT2D eigenvalue weighted by Crippen LogP contribution is 2.33. The van der Waals surface area contributed by atoms with Crippen molar-refractivity contribution in [1.82, 2.24) is 14.9 Å². The first-order valence-corrected chi connectivity index (χ1v) is 11.0. The van der Waals surface area contributed by atoms with E-state index in [4.69, 9.17) is 0 Å². The number of pyridine rings is 2. The third-order valence-corrected chi connectivity index (χ3v) is 6.19. The third kappa shape index (κ3) is 4.49. The highest BCUT2D eigenvalue weighted by atomic mass is 16.2. The Balaban J connectivity index is 1.50. The maximum atomic E-state index is 13.2. The number of Topliss-reactive ketones (excluding diaryl/α,β-unsaturated/α-hetero) is 1. The molecule has 1 saturated heterocycles. The summed E-state index contributed by atoms with van der Waals surface area (Å²) in [4.78, 5) is 59.6. The molecule has 0 radical (unpaired) electrons. The molecular formula is C24H28N4O4. The van der Waals surface area contributed by atoms with Gasteiger partial charge in [0.15, 0.2) is 5.78 Å². The van der Waals surface area contributed by atoms with Gasteiger partial charge in [-0.05, 0) is 49.3 Å². The number of fused-ring (bicyclic) bond motifs is 1. The van der Waals surface area contributed by atoms with Crippen molar-refractivity contribution in [3.05, 3.63) is 57.1 Å². The lowest BCUT2D eigenvalue weighted by molar-refractivity contribution is -0.121. The molecule has 1 atom stereocenters. The number of rotatable bonds is 3. The summed E-state index contributed by atoms with van der Waals surface area (Å²) in [7, 11) is 0. The van der Waals surface area contributed by atoms with Crippen molar-refractivity contribution in [2.45, 2.75) is 46.5 Å². The largest absolute Gasteiger partial charge is 0.338 e. The first-order valence-electron chi connectivity index (χ1n) is 11.0. The number of carbonyl (C=O) groups is 3. The van der Waals surface area contributed by atoms with Gasteiger partial charge in [0.1, 0.15) is 11.4 Å². The minimum Gasteiger partial charge on any atom is -0.338 e. The Labute approximate surface area is 186 Å². The van der Waals surface area contributed by atoms with Gasteiger partial charge in [0.2, 0.25) is 5.91 Å². The standard InChI is InChI=1S/C24H28N4O4/c1-14-6-7-20(25-12-14)27-21(30)15-5-4-8-28(13-15)23(32)17-9-16-18(26-22(17)31)10-24(2,3)11-19(16)29/h6-7,9,12,15H,4-5,8,10-11,13H2,1-3H3,(H,26,31)(H,25,27,30). The summed E-state index contributed by atoms with van der Waals surface area (Å²) in [6.07, 6.45) is 3.93. The first-order chi connectivity index (χ1) is 15.1. The molecule has 8 heteroatoms. The van der Waals surface area contributed by atoms with Crippen molar-refractivity contribution in [3.63, 3.8) is 0 Å². The minimum atomic E-state index is -0.491. The van der Waals surface area contributed by atoms with Crippen molar-refractivity contribution >= 4 is 23.4 Å². The zero-order chi connectivity index (χ0) is 23.0. The normalized spacial score (nSPS) is 19.9. The van der Waals surface area contributed by atoms with E-state index in [2.05, 4.69) is 15.3 Å². The molecule has 1 aliphatic heterocycles. The molecule has 2 aliphatic rings. The SMILES string of the molecule is Cc1ccc(NC(=O)C2CCCN(C(=O)c3cc4c([nH]c3=O)CC(C)(C)CC4=O)C2)nc1. The maximum Gasteiger partial charge on any atom is 0.261 e. The number of H-pyrrole nitrogens is 1. The molecule has 32 heavy (non-hydrogen) atoms. The smallest absolute Gasteiger partial charge is 0.261 e. The molecule has 3 heterocycles. The number of ketones is 1. The van der Waals surface area contributed by atoms with Gasteiger partial charge in [-0.1, -0.05) is 19.9 Å². The quantitative estimate of drug-likeness (QED) is 0.768. The Kier molecular flexibility index (Phi) is 5.71. The molecule has 0 saturated carbocycles. The molecule has 8 nitrogen and oxygen atoms in total. The van der Waals surface area contributed by atoms with Crippen LogP contribution in [0.25, 0.3) is 0 Å². The summed E-state index contributed by atoms with van der Waals surface area (Å²) < 4.78 is 0. The molecule has 1 unspecified atom stereocenters. The summed E-state index contributed by atoms with van der Waals surface area (Å²) in [5.41, 5.74) is 1.25. The van der Waals surface area contributed by atoms with Crippen LogP contribution in [0.1, 0.15) is 65.1 Å². The van der Waals surface area contributed by atoms with E-state index in [1.54, 1.807) is 12.3 Å². The van der Waals surface area contributed by atoms with E-state index in [1.165, 1.54) is 11.0 Å². The second-order valence-electron chi connectivity index (χ2n) is 9.65. The monoisotopic (exact) mass is 436 g/mol. The van der Waals surface area contributed by atoms with Crippen molar-refractivity contribution in [3.8, 4) is 0 Å². The molecule has 168 valence electrons. The first kappa shape index (κ1) is 21.9. The summed E-state index contributed by atoms with van der Waals surface area (Å²) in [6.45, 7) is 6.56. The van der Waals surface area contributed by atoms with Crippen LogP contribution in [0.3, 0.4) is 0 Å². The summed E-state index contributed by atoms with van der Waals surface area (Å²) in [5.74, 6) is -0.636. The Morgan fingerprint density at radius 2 is 2.00 bits per heavy atom. The minimum absolute atomic E-state index is 0.0435. The average molecular weight is 437 g/mol. The van der Waals surface area contributed by atoms with E-state index < -0.39 is 17.4 Å². The van der Waals surface area contributed by atoms with Crippen LogP contribution in [0.2, 0.25) is 0 Å². The predicted molar refractivity (Wildman–Crippen MR) is 120 cm³/mol. The van der Waals surface area contributed by atoms with Gasteiger partial charge in [0.25, 0.3) is 11.5 Å². The molecule has 2 aromatic rings. The van der Waals surface area contributed by atoms with Gasteiger partial charge in [-0.25, -0.2) is 4.98 Å². The molecule has 0 aromatic carbocycles. The number of anilines is 1. The molecule has 4 rings (SSSR count). The van der Waals surface area contributed by atoms with Gasteiger partial charge in [-0.15, -0.1) is 0 Å². The lowest BCUT2D eigenvalue weighted by Crippen LogP contribution is -2.45. The van der Waals surface area contributed by atoms with Crippen molar-refractivity contribution in [1.29, 1.82) is 0 Å². The Morgan fingerprint density at radius 3 is 2.72 bits per heavy atom. The fourth-order valence-electron chi connectivity index (χ4n) is 4.50. The lowest BCUT2D eigenvalue weighted by Gasteiger charge is -2.32. The van der Waals surface area contributed by atoms with Crippen LogP contribution in [-0.4, -0.2) is 45.6 Å². The molecule has 2 amide bonds. The van der Waals surface area contributed by atoms with E-state index in [9.17, 15) is 19.2 Å². The summed E-state index contributed by atoms with van der Waals surface area (Å²) in [6, 6.07) is 5.04. The topological polar surface area (TPSA) is 112 Å². The number of amides is 2. The van der Waals surface area contributed by atoms with Crippen molar-refractivity contribution < 1.29 is 14.4 Å². The van der Waals surface area contributed by atoms with Crippen LogP contribution >= 0.6 is 0 Å². The van der Waals surface area contributed by atoms with E-state index >= 15 is 0 Å². The van der Waals surface area contributed by atoms with E-state index in [0.717, 1.165) is 5.56 Å². The number of carbonyl (C=O) groups excluding carboxylic acids is 3. The zero-order valence-corrected chi connectivity index (χ0v) is 18.7. The van der Waals surface area contributed by atoms with Crippen LogP contribution in [0.5, 0.6) is 0 Å². The van der Waals surface area contributed by atoms with Crippen LogP contribution in [0, 0.1) is 18.3 Å². The fraction of sp³-hybridized carbons (Fsp3) is 0.458. The summed E-state index contributed by atoms with van der Waals surface area (Å²) >= 11 is 0. The third-order valence-electron chi connectivity index (χ3n) is 6.19. The number of hydrogen-bond acceptors (Lipinski definition) is 5. The number of nitrogens with zero attached hydrogens (tertiary/aromatic N) is 2. The van der Waals surface area contributed by atoms with Gasteiger partial charge >= 0.3 is 0 Å². The van der Waals surface area contributed by atoms with Gasteiger partial charge in [0.05, 0.1) is 5.92 Å². The number of hydrogen-bond donors (Lipinski definition) is 2. The van der Waals surface area contributed by atoms with Crippen LogP contribution < -0.4 is 10.9 Å². The Hall–Kier alpha value is -3.29. The number of aryl methyl sites for hydroxylation is 1. The van der Waals surface area contributed by atoms with Gasteiger partial charge in [-0.3, -0.25) is 19.2 Å². The van der Waals surface area contributed by atoms with Crippen LogP contribution in [0.15, 0.2) is 29.2 Å². The lowest BCUT2D eigenvalue weighted by atomic mass is 9.75. The fourth-order valence-corrected chi connectivity index (χ4v) is 4.50. The van der Waals surface area contributed by atoms with Crippen LogP contribution in [-0.2, 0) is 11.2 Å². The highest BCUT2D eigenvalue weighted by molar-refractivity contribution is 6.02. The molecule has 2 aromatic heterocycles. The number of piperidine rings is 1. The molecule has 1 aliphatic carbocycles. The van der Waals surface area contributed by atoms with Gasteiger partial charge in [0, 0.05) is 37.0 Å². The Bertz CT molecular complexity index is 1130. The second kappa shape index (κ2) is 8.33. The van der Waals surface area contributed by atoms with Gasteiger partial charge < -0.3 is 15.2 Å². The Morgan fingerprint density at radius 1 is 1.22 bits per heavy atom. The number of aromatic nitrogens is 2. The summed E-state index contributed by atoms with van der Waals surface area (Å²) in [5, 5.41) is 2.80. The molecule has 2 N–H and O–H groups in total.